The van der Waals surface area contributed by atoms with Crippen LogP contribution in [-0.2, 0) is 0 Å². The molecular formula is C29H27IO2. The number of benzene rings is 3. The summed E-state index contributed by atoms with van der Waals surface area (Å²) >= 11 is 2.34. The van der Waals surface area contributed by atoms with Crippen molar-refractivity contribution in [1.82, 2.24) is 0 Å². The van der Waals surface area contributed by atoms with E-state index in [1.807, 2.05) is 0 Å². The average Bonchev–Trinajstić information content (AvgIpc) is 2.74. The molecule has 0 amide bonds. The molecule has 0 saturated heterocycles. The topological polar surface area (TPSA) is 18.5 Å². The number of aryl methyl sites for hydroxylation is 4. The minimum atomic E-state index is 0.0742. The minimum absolute atomic E-state index is 0.0742. The van der Waals surface area contributed by atoms with Crippen molar-refractivity contribution in [3.8, 4) is 36.2 Å². The highest BCUT2D eigenvalue weighted by Crippen LogP contribution is 2.38. The highest BCUT2D eigenvalue weighted by Gasteiger charge is 2.21. The van der Waals surface area contributed by atoms with Crippen LogP contribution < -0.4 is 9.47 Å². The molecule has 3 aromatic carbocycles. The molecule has 0 fully saturated rings. The van der Waals surface area contributed by atoms with Crippen LogP contribution in [0.2, 0.25) is 0 Å². The van der Waals surface area contributed by atoms with Crippen molar-refractivity contribution in [2.24, 2.45) is 0 Å². The molecule has 3 aromatic rings. The van der Waals surface area contributed by atoms with Crippen molar-refractivity contribution in [2.45, 2.75) is 33.6 Å². The molecule has 162 valence electrons. The standard InChI is InChI=1S/C29H27IO2/c1-7-13-31-28-19(3)15-24(16-20(28)4)27(23-9-11-26(30)12-10-23)25-17-21(5)29(22(6)18-25)32-14-8-2/h1-2,9-12,15-18,27H,13-14H2,3-6H3. The third-order valence-electron chi connectivity index (χ3n) is 5.44. The van der Waals surface area contributed by atoms with E-state index in [4.69, 9.17) is 22.3 Å². The van der Waals surface area contributed by atoms with Crippen LogP contribution in [0.25, 0.3) is 0 Å². The summed E-state index contributed by atoms with van der Waals surface area (Å²) in [6, 6.07) is 17.5. The monoisotopic (exact) mass is 534 g/mol. The van der Waals surface area contributed by atoms with E-state index in [2.05, 4.69) is 111 Å². The van der Waals surface area contributed by atoms with Crippen molar-refractivity contribution in [1.29, 1.82) is 0 Å². The van der Waals surface area contributed by atoms with E-state index >= 15 is 0 Å². The molecule has 0 radical (unpaired) electrons. The van der Waals surface area contributed by atoms with E-state index in [9.17, 15) is 0 Å². The largest absolute Gasteiger partial charge is 0.480 e. The van der Waals surface area contributed by atoms with Gasteiger partial charge in [-0.15, -0.1) is 12.8 Å². The number of hydrogen-bond acceptors (Lipinski definition) is 2. The number of hydrogen-bond donors (Lipinski definition) is 0. The van der Waals surface area contributed by atoms with Gasteiger partial charge in [-0.05, 0) is 101 Å². The van der Waals surface area contributed by atoms with Crippen molar-refractivity contribution in [3.05, 3.63) is 91.0 Å². The Balaban J connectivity index is 2.16. The Bertz CT molecular complexity index is 1070. The van der Waals surface area contributed by atoms with Gasteiger partial charge >= 0.3 is 0 Å². The molecule has 0 aliphatic carbocycles. The van der Waals surface area contributed by atoms with Gasteiger partial charge in [0.2, 0.25) is 0 Å². The van der Waals surface area contributed by atoms with Crippen molar-refractivity contribution >= 4 is 22.6 Å². The highest BCUT2D eigenvalue weighted by molar-refractivity contribution is 14.1. The van der Waals surface area contributed by atoms with Gasteiger partial charge in [-0.2, -0.15) is 0 Å². The number of halogens is 1. The van der Waals surface area contributed by atoms with Crippen LogP contribution in [0.3, 0.4) is 0 Å². The molecule has 0 saturated carbocycles. The van der Waals surface area contributed by atoms with E-state index in [-0.39, 0.29) is 19.1 Å². The summed E-state index contributed by atoms with van der Waals surface area (Å²) in [7, 11) is 0. The van der Waals surface area contributed by atoms with Crippen LogP contribution in [-0.4, -0.2) is 13.2 Å². The second-order valence-corrected chi connectivity index (χ2v) is 9.18. The van der Waals surface area contributed by atoms with E-state index in [0.29, 0.717) is 0 Å². The molecule has 0 bridgehead atoms. The van der Waals surface area contributed by atoms with Crippen LogP contribution in [0.1, 0.15) is 44.9 Å². The van der Waals surface area contributed by atoms with Gasteiger partial charge in [0.15, 0.2) is 0 Å². The van der Waals surface area contributed by atoms with E-state index in [1.165, 1.54) is 20.3 Å². The summed E-state index contributed by atoms with van der Waals surface area (Å²) in [4.78, 5) is 0. The normalized spacial score (nSPS) is 10.5. The predicted molar refractivity (Wildman–Crippen MR) is 141 cm³/mol. The van der Waals surface area contributed by atoms with Gasteiger partial charge in [0.25, 0.3) is 0 Å². The fraction of sp³-hybridized carbons (Fsp3) is 0.241. The smallest absolute Gasteiger partial charge is 0.148 e. The summed E-state index contributed by atoms with van der Waals surface area (Å²) in [5.41, 5.74) is 7.97. The zero-order chi connectivity index (χ0) is 23.3. The van der Waals surface area contributed by atoms with Crippen LogP contribution in [0.4, 0.5) is 0 Å². The molecule has 0 heterocycles. The molecular weight excluding hydrogens is 507 g/mol. The molecule has 32 heavy (non-hydrogen) atoms. The minimum Gasteiger partial charge on any atom is -0.480 e. The van der Waals surface area contributed by atoms with Gasteiger partial charge < -0.3 is 9.47 Å². The van der Waals surface area contributed by atoms with Gasteiger partial charge in [-0.3, -0.25) is 0 Å². The summed E-state index contributed by atoms with van der Waals surface area (Å²) in [6.45, 7) is 8.81. The Hall–Kier alpha value is -2.89. The molecule has 0 aromatic heterocycles. The number of terminal acetylenes is 2. The van der Waals surface area contributed by atoms with E-state index < -0.39 is 0 Å². The first-order valence-electron chi connectivity index (χ1n) is 10.5. The van der Waals surface area contributed by atoms with E-state index in [0.717, 1.165) is 33.8 Å². The fourth-order valence-electron chi connectivity index (χ4n) is 4.22. The highest BCUT2D eigenvalue weighted by atomic mass is 127. The zero-order valence-corrected chi connectivity index (χ0v) is 21.1. The van der Waals surface area contributed by atoms with Gasteiger partial charge in [0.05, 0.1) is 0 Å². The Morgan fingerprint density at radius 2 is 1.06 bits per heavy atom. The van der Waals surface area contributed by atoms with Gasteiger partial charge in [0, 0.05) is 9.49 Å². The lowest BCUT2D eigenvalue weighted by Crippen LogP contribution is -2.08. The molecule has 2 nitrogen and oxygen atoms in total. The lowest BCUT2D eigenvalue weighted by Gasteiger charge is -2.23. The average molecular weight is 534 g/mol. The van der Waals surface area contributed by atoms with Crippen molar-refractivity contribution in [3.63, 3.8) is 0 Å². The maximum absolute atomic E-state index is 5.80. The molecule has 0 aliphatic rings. The molecule has 3 rings (SSSR count). The molecule has 3 heteroatoms. The summed E-state index contributed by atoms with van der Waals surface area (Å²) in [5.74, 6) is 6.89. The SMILES string of the molecule is C#CCOc1c(C)cc(C(c2ccc(I)cc2)c2cc(C)c(OCC#C)c(C)c2)cc1C. The third kappa shape index (κ3) is 5.29. The molecule has 0 atom stereocenters. The van der Waals surface area contributed by atoms with E-state index in [1.54, 1.807) is 0 Å². The Labute approximate surface area is 205 Å². The third-order valence-corrected chi connectivity index (χ3v) is 6.15. The first-order chi connectivity index (χ1) is 15.3. The van der Waals surface area contributed by atoms with Crippen molar-refractivity contribution in [2.75, 3.05) is 13.2 Å². The second-order valence-electron chi connectivity index (χ2n) is 7.94. The maximum atomic E-state index is 5.80. The van der Waals surface area contributed by atoms with Crippen LogP contribution in [0.15, 0.2) is 48.5 Å². The maximum Gasteiger partial charge on any atom is 0.148 e. The number of rotatable bonds is 7. The molecule has 0 unspecified atom stereocenters. The van der Waals surface area contributed by atoms with Crippen LogP contribution in [0.5, 0.6) is 11.5 Å². The first-order valence-corrected chi connectivity index (χ1v) is 11.5. The quantitative estimate of drug-likeness (QED) is 0.190. The van der Waals surface area contributed by atoms with Crippen LogP contribution in [0, 0.1) is 56.0 Å². The molecule has 0 aliphatic heterocycles. The first kappa shape index (κ1) is 23.8. The molecule has 0 spiro atoms. The van der Waals surface area contributed by atoms with Gasteiger partial charge in [-0.1, -0.05) is 48.2 Å². The Kier molecular flexibility index (Phi) is 7.89. The Morgan fingerprint density at radius 3 is 1.41 bits per heavy atom. The summed E-state index contributed by atoms with van der Waals surface area (Å²) < 4.78 is 12.8. The number of ether oxygens (including phenoxy) is 2. The lowest BCUT2D eigenvalue weighted by molar-refractivity contribution is 0.365. The van der Waals surface area contributed by atoms with Gasteiger partial charge in [0.1, 0.15) is 24.7 Å². The summed E-state index contributed by atoms with van der Waals surface area (Å²) in [6.07, 6.45) is 10.8. The predicted octanol–water partition coefficient (Wildman–Crippen LogP) is 6.73. The van der Waals surface area contributed by atoms with Crippen molar-refractivity contribution < 1.29 is 9.47 Å². The Morgan fingerprint density at radius 1 is 0.688 bits per heavy atom. The van der Waals surface area contributed by atoms with Crippen LogP contribution >= 0.6 is 22.6 Å². The zero-order valence-electron chi connectivity index (χ0n) is 19.0. The lowest BCUT2D eigenvalue weighted by atomic mass is 9.82. The van der Waals surface area contributed by atoms with Gasteiger partial charge in [-0.25, -0.2) is 0 Å². The summed E-state index contributed by atoms with van der Waals surface area (Å²) in [5, 5.41) is 0. The second kappa shape index (κ2) is 10.6. The fourth-order valence-corrected chi connectivity index (χ4v) is 4.58. The molecule has 0 N–H and O–H groups in total.